The zero-order chi connectivity index (χ0) is 15.1. The van der Waals surface area contributed by atoms with Gasteiger partial charge in [-0.1, -0.05) is 49.4 Å². The molecular weight excluding hydrogens is 264 g/mol. The molecule has 21 heavy (non-hydrogen) atoms. The Morgan fingerprint density at radius 3 is 2.24 bits per heavy atom. The first-order valence-electron chi connectivity index (χ1n) is 7.09. The average molecular weight is 284 g/mol. The number of carbonyl (C=O) groups is 1. The Bertz CT molecular complexity index is 605. The smallest absolute Gasteiger partial charge is 0.309 e. The second-order valence-electron chi connectivity index (χ2n) is 4.77. The predicted octanol–water partition coefficient (Wildman–Crippen LogP) is 3.54. The SMILES string of the molecule is CCc1ccccc1OCc1ccccc1CC(=O)OC. The molecule has 0 saturated carbocycles. The van der Waals surface area contributed by atoms with E-state index in [2.05, 4.69) is 13.0 Å². The van der Waals surface area contributed by atoms with Crippen LogP contribution in [-0.2, 0) is 29.0 Å². The highest BCUT2D eigenvalue weighted by molar-refractivity contribution is 5.72. The topological polar surface area (TPSA) is 35.5 Å². The number of esters is 1. The molecule has 0 fully saturated rings. The van der Waals surface area contributed by atoms with Crippen LogP contribution in [0.25, 0.3) is 0 Å². The van der Waals surface area contributed by atoms with Crippen molar-refractivity contribution in [2.24, 2.45) is 0 Å². The predicted molar refractivity (Wildman–Crippen MR) is 82.3 cm³/mol. The van der Waals surface area contributed by atoms with Crippen molar-refractivity contribution in [2.45, 2.75) is 26.4 Å². The number of ether oxygens (including phenoxy) is 2. The van der Waals surface area contributed by atoms with E-state index in [9.17, 15) is 4.79 Å². The standard InChI is InChI=1S/C18H20O3/c1-3-14-8-6-7-11-17(14)21-13-16-10-5-4-9-15(16)12-18(19)20-2/h4-11H,3,12-13H2,1-2H3. The molecule has 0 saturated heterocycles. The molecule has 0 N–H and O–H groups in total. The van der Waals surface area contributed by atoms with Crippen LogP contribution >= 0.6 is 0 Å². The molecule has 3 nitrogen and oxygen atoms in total. The van der Waals surface area contributed by atoms with Gasteiger partial charge in [0.2, 0.25) is 0 Å². The summed E-state index contributed by atoms with van der Waals surface area (Å²) in [7, 11) is 1.40. The largest absolute Gasteiger partial charge is 0.489 e. The zero-order valence-corrected chi connectivity index (χ0v) is 12.5. The fraction of sp³-hybridized carbons (Fsp3) is 0.278. The van der Waals surface area contributed by atoms with Gasteiger partial charge in [-0.2, -0.15) is 0 Å². The molecule has 0 unspecified atom stereocenters. The first kappa shape index (κ1) is 15.1. The number of hydrogen-bond acceptors (Lipinski definition) is 3. The molecule has 2 aromatic rings. The van der Waals surface area contributed by atoms with Crippen LogP contribution in [0.4, 0.5) is 0 Å². The molecule has 0 aromatic heterocycles. The van der Waals surface area contributed by atoms with E-state index in [-0.39, 0.29) is 12.4 Å². The van der Waals surface area contributed by atoms with Crippen LogP contribution < -0.4 is 4.74 Å². The molecule has 0 atom stereocenters. The van der Waals surface area contributed by atoms with Crippen LogP contribution in [-0.4, -0.2) is 13.1 Å². The number of carbonyl (C=O) groups excluding carboxylic acids is 1. The third-order valence-electron chi connectivity index (χ3n) is 3.42. The van der Waals surface area contributed by atoms with Gasteiger partial charge >= 0.3 is 5.97 Å². The summed E-state index contributed by atoms with van der Waals surface area (Å²) in [6, 6.07) is 15.8. The molecule has 0 bridgehead atoms. The molecule has 0 aliphatic carbocycles. The average Bonchev–Trinajstić information content (AvgIpc) is 2.54. The van der Waals surface area contributed by atoms with Crippen molar-refractivity contribution >= 4 is 5.97 Å². The molecule has 0 heterocycles. The van der Waals surface area contributed by atoms with E-state index in [1.165, 1.54) is 12.7 Å². The summed E-state index contributed by atoms with van der Waals surface area (Å²) < 4.78 is 10.6. The maximum absolute atomic E-state index is 11.4. The minimum Gasteiger partial charge on any atom is -0.489 e. The number of rotatable bonds is 6. The fourth-order valence-corrected chi connectivity index (χ4v) is 2.19. The van der Waals surface area contributed by atoms with Gasteiger partial charge in [0.05, 0.1) is 13.5 Å². The summed E-state index contributed by atoms with van der Waals surface area (Å²) in [5, 5.41) is 0. The highest BCUT2D eigenvalue weighted by atomic mass is 16.5. The van der Waals surface area contributed by atoms with Gasteiger partial charge in [0.25, 0.3) is 0 Å². The maximum Gasteiger partial charge on any atom is 0.309 e. The molecule has 2 rings (SSSR count). The van der Waals surface area contributed by atoms with Crippen molar-refractivity contribution in [3.8, 4) is 5.75 Å². The summed E-state index contributed by atoms with van der Waals surface area (Å²) in [5.74, 6) is 0.657. The van der Waals surface area contributed by atoms with Crippen molar-refractivity contribution in [2.75, 3.05) is 7.11 Å². The van der Waals surface area contributed by atoms with Crippen LogP contribution in [0.3, 0.4) is 0 Å². The Morgan fingerprint density at radius 2 is 1.57 bits per heavy atom. The van der Waals surface area contributed by atoms with E-state index in [0.717, 1.165) is 23.3 Å². The summed E-state index contributed by atoms with van der Waals surface area (Å²) in [6.07, 6.45) is 1.20. The Hall–Kier alpha value is -2.29. The number of aryl methyl sites for hydroxylation is 1. The van der Waals surface area contributed by atoms with E-state index in [4.69, 9.17) is 9.47 Å². The van der Waals surface area contributed by atoms with Crippen LogP contribution in [0.1, 0.15) is 23.6 Å². The molecule has 0 radical (unpaired) electrons. The van der Waals surface area contributed by atoms with Gasteiger partial charge in [-0.05, 0) is 29.2 Å². The third-order valence-corrected chi connectivity index (χ3v) is 3.42. The van der Waals surface area contributed by atoms with Crippen molar-refractivity contribution in [3.05, 3.63) is 65.2 Å². The fourth-order valence-electron chi connectivity index (χ4n) is 2.19. The van der Waals surface area contributed by atoms with E-state index in [0.29, 0.717) is 6.61 Å². The summed E-state index contributed by atoms with van der Waals surface area (Å²) in [4.78, 5) is 11.4. The quantitative estimate of drug-likeness (QED) is 0.761. The van der Waals surface area contributed by atoms with Gasteiger partial charge in [0.1, 0.15) is 12.4 Å². The van der Waals surface area contributed by atoms with Crippen molar-refractivity contribution < 1.29 is 14.3 Å². The summed E-state index contributed by atoms with van der Waals surface area (Å²) in [6.45, 7) is 2.55. The van der Waals surface area contributed by atoms with Gasteiger partial charge < -0.3 is 9.47 Å². The highest BCUT2D eigenvalue weighted by Crippen LogP contribution is 2.21. The Kier molecular flexibility index (Phi) is 5.38. The Labute approximate surface area is 125 Å². The summed E-state index contributed by atoms with van der Waals surface area (Å²) in [5.41, 5.74) is 3.13. The lowest BCUT2D eigenvalue weighted by atomic mass is 10.1. The van der Waals surface area contributed by atoms with E-state index in [1.54, 1.807) is 0 Å². The normalized spacial score (nSPS) is 10.2. The molecule has 0 spiro atoms. The highest BCUT2D eigenvalue weighted by Gasteiger charge is 2.09. The number of methoxy groups -OCH3 is 1. The van der Waals surface area contributed by atoms with Crippen LogP contribution in [0.15, 0.2) is 48.5 Å². The lowest BCUT2D eigenvalue weighted by molar-refractivity contribution is -0.139. The Morgan fingerprint density at radius 1 is 0.952 bits per heavy atom. The molecule has 0 aliphatic heterocycles. The number of hydrogen-bond donors (Lipinski definition) is 0. The summed E-state index contributed by atoms with van der Waals surface area (Å²) >= 11 is 0. The molecule has 0 aliphatic rings. The minimum absolute atomic E-state index is 0.239. The second-order valence-corrected chi connectivity index (χ2v) is 4.77. The van der Waals surface area contributed by atoms with Gasteiger partial charge in [-0.25, -0.2) is 0 Å². The number of benzene rings is 2. The maximum atomic E-state index is 11.4. The van der Waals surface area contributed by atoms with E-state index in [1.807, 2.05) is 42.5 Å². The first-order chi connectivity index (χ1) is 10.2. The molecule has 110 valence electrons. The number of para-hydroxylation sites is 1. The van der Waals surface area contributed by atoms with Gasteiger partial charge in [-0.3, -0.25) is 4.79 Å². The molecular formula is C18H20O3. The lowest BCUT2D eigenvalue weighted by Crippen LogP contribution is -2.08. The van der Waals surface area contributed by atoms with Gasteiger partial charge in [-0.15, -0.1) is 0 Å². The molecule has 3 heteroatoms. The van der Waals surface area contributed by atoms with Crippen molar-refractivity contribution in [3.63, 3.8) is 0 Å². The van der Waals surface area contributed by atoms with E-state index < -0.39 is 0 Å². The lowest BCUT2D eigenvalue weighted by Gasteiger charge is -2.13. The Balaban J connectivity index is 2.11. The van der Waals surface area contributed by atoms with Crippen LogP contribution in [0.5, 0.6) is 5.75 Å². The molecule has 0 amide bonds. The third kappa shape index (κ3) is 4.09. The van der Waals surface area contributed by atoms with E-state index >= 15 is 0 Å². The van der Waals surface area contributed by atoms with Crippen LogP contribution in [0, 0.1) is 0 Å². The van der Waals surface area contributed by atoms with Crippen LogP contribution in [0.2, 0.25) is 0 Å². The first-order valence-corrected chi connectivity index (χ1v) is 7.09. The van der Waals surface area contributed by atoms with Crippen molar-refractivity contribution in [1.82, 2.24) is 0 Å². The molecule has 2 aromatic carbocycles. The zero-order valence-electron chi connectivity index (χ0n) is 12.5. The monoisotopic (exact) mass is 284 g/mol. The van der Waals surface area contributed by atoms with Gasteiger partial charge in [0, 0.05) is 0 Å². The van der Waals surface area contributed by atoms with Gasteiger partial charge in [0.15, 0.2) is 0 Å². The van der Waals surface area contributed by atoms with Crippen molar-refractivity contribution in [1.29, 1.82) is 0 Å². The minimum atomic E-state index is -0.239. The second kappa shape index (κ2) is 7.48.